The van der Waals surface area contributed by atoms with Crippen molar-refractivity contribution in [3.8, 4) is 5.75 Å². The Balaban J connectivity index is 1.64. The Kier molecular flexibility index (Phi) is 6.01. The zero-order chi connectivity index (χ0) is 20.1. The maximum absolute atomic E-state index is 12.5. The topological polar surface area (TPSA) is 84.5 Å². The van der Waals surface area contributed by atoms with Crippen molar-refractivity contribution < 1.29 is 17.9 Å². The van der Waals surface area contributed by atoms with Crippen LogP contribution < -0.4 is 14.8 Å². The predicted molar refractivity (Wildman–Crippen MR) is 110 cm³/mol. The van der Waals surface area contributed by atoms with Crippen LogP contribution in [0.3, 0.4) is 0 Å². The molecule has 8 heteroatoms. The molecule has 0 aliphatic carbocycles. The molecule has 0 bridgehead atoms. The molecular formula is C20H20N2O4S2. The van der Waals surface area contributed by atoms with E-state index in [2.05, 4.69) is 10.0 Å². The average molecular weight is 417 g/mol. The van der Waals surface area contributed by atoms with Crippen LogP contribution >= 0.6 is 11.3 Å². The fourth-order valence-electron chi connectivity index (χ4n) is 2.57. The van der Waals surface area contributed by atoms with Crippen LogP contribution in [0, 0.1) is 0 Å². The van der Waals surface area contributed by atoms with E-state index in [-0.39, 0.29) is 16.2 Å². The highest BCUT2D eigenvalue weighted by molar-refractivity contribution is 7.94. The van der Waals surface area contributed by atoms with Gasteiger partial charge < -0.3 is 10.1 Å². The molecule has 0 aliphatic heterocycles. The number of hydrogen-bond donors (Lipinski definition) is 2. The fourth-order valence-corrected chi connectivity index (χ4v) is 4.62. The number of anilines is 1. The lowest BCUT2D eigenvalue weighted by molar-refractivity contribution is 0.0940. The molecule has 2 N–H and O–H groups in total. The number of rotatable bonds is 7. The van der Waals surface area contributed by atoms with Crippen LogP contribution in [-0.2, 0) is 10.0 Å². The maximum Gasteiger partial charge on any atom is 0.271 e. The Hall–Kier alpha value is -2.84. The molecule has 0 saturated carbocycles. The van der Waals surface area contributed by atoms with Gasteiger partial charge in [0.25, 0.3) is 15.9 Å². The molecule has 1 amide bonds. The second-order valence-corrected chi connectivity index (χ2v) is 8.94. The molecule has 0 spiro atoms. The molecule has 3 rings (SSSR count). The van der Waals surface area contributed by atoms with E-state index in [1.807, 2.05) is 31.2 Å². The van der Waals surface area contributed by atoms with Crippen LogP contribution in [0.1, 0.15) is 28.9 Å². The number of methoxy groups -OCH3 is 1. The largest absolute Gasteiger partial charge is 0.497 e. The van der Waals surface area contributed by atoms with E-state index >= 15 is 0 Å². The van der Waals surface area contributed by atoms with Gasteiger partial charge in [0.05, 0.1) is 13.2 Å². The normalized spacial score (nSPS) is 12.2. The number of ether oxygens (including phenoxy) is 1. The van der Waals surface area contributed by atoms with Gasteiger partial charge in [-0.15, -0.1) is 11.3 Å². The molecule has 2 aromatic carbocycles. The summed E-state index contributed by atoms with van der Waals surface area (Å²) >= 11 is 1.14. The van der Waals surface area contributed by atoms with Crippen molar-refractivity contribution in [1.29, 1.82) is 0 Å². The number of amides is 1. The van der Waals surface area contributed by atoms with Gasteiger partial charge in [-0.05, 0) is 60.3 Å². The van der Waals surface area contributed by atoms with E-state index < -0.39 is 10.0 Å². The highest BCUT2D eigenvalue weighted by Gasteiger charge is 2.16. The minimum atomic E-state index is -3.61. The summed E-state index contributed by atoms with van der Waals surface area (Å²) in [6.45, 7) is 1.89. The van der Waals surface area contributed by atoms with E-state index in [1.165, 1.54) is 6.07 Å². The molecule has 0 unspecified atom stereocenters. The quantitative estimate of drug-likeness (QED) is 0.609. The van der Waals surface area contributed by atoms with Gasteiger partial charge in [0, 0.05) is 11.3 Å². The molecule has 3 aromatic rings. The molecule has 28 heavy (non-hydrogen) atoms. The first-order valence-corrected chi connectivity index (χ1v) is 10.9. The van der Waals surface area contributed by atoms with Gasteiger partial charge in [0.2, 0.25) is 0 Å². The van der Waals surface area contributed by atoms with Gasteiger partial charge in [-0.3, -0.25) is 9.52 Å². The van der Waals surface area contributed by atoms with Crippen LogP contribution in [0.5, 0.6) is 5.75 Å². The van der Waals surface area contributed by atoms with Crippen molar-refractivity contribution in [2.45, 2.75) is 17.2 Å². The molecule has 1 atom stereocenters. The van der Waals surface area contributed by atoms with Crippen molar-refractivity contribution in [3.63, 3.8) is 0 Å². The van der Waals surface area contributed by atoms with Crippen LogP contribution in [-0.4, -0.2) is 21.4 Å². The minimum absolute atomic E-state index is 0.185. The molecule has 0 aliphatic rings. The van der Waals surface area contributed by atoms with Gasteiger partial charge in [0.15, 0.2) is 0 Å². The van der Waals surface area contributed by atoms with E-state index in [0.717, 1.165) is 22.6 Å². The second-order valence-electron chi connectivity index (χ2n) is 6.08. The number of thiophene rings is 1. The monoisotopic (exact) mass is 416 g/mol. The number of benzene rings is 2. The molecule has 0 radical (unpaired) electrons. The standard InChI is InChI=1S/C20H20N2O4S2/c1-14(15-7-11-18(26-2)12-8-15)21-20(23)16-5-9-17(10-6-16)22-28(24,25)19-4-3-13-27-19/h3-14,22H,1-2H3,(H,21,23)/t14-/m0/s1. The van der Waals surface area contributed by atoms with Crippen LogP contribution in [0.2, 0.25) is 0 Å². The molecule has 1 aromatic heterocycles. The van der Waals surface area contributed by atoms with Gasteiger partial charge in [-0.2, -0.15) is 0 Å². The smallest absolute Gasteiger partial charge is 0.271 e. The SMILES string of the molecule is COc1ccc([C@H](C)NC(=O)c2ccc(NS(=O)(=O)c3cccs3)cc2)cc1. The Morgan fingerprint density at radius 2 is 1.71 bits per heavy atom. The van der Waals surface area contributed by atoms with Gasteiger partial charge in [-0.1, -0.05) is 18.2 Å². The lowest BCUT2D eigenvalue weighted by atomic mass is 10.1. The van der Waals surface area contributed by atoms with Crippen molar-refractivity contribution in [3.05, 3.63) is 77.2 Å². The first-order chi connectivity index (χ1) is 13.4. The summed E-state index contributed by atoms with van der Waals surface area (Å²) in [5, 5.41) is 4.62. The number of hydrogen-bond acceptors (Lipinski definition) is 5. The van der Waals surface area contributed by atoms with E-state index in [0.29, 0.717) is 11.3 Å². The average Bonchev–Trinajstić information content (AvgIpc) is 3.24. The zero-order valence-electron chi connectivity index (χ0n) is 15.4. The number of nitrogens with one attached hydrogen (secondary N) is 2. The lowest BCUT2D eigenvalue weighted by Crippen LogP contribution is -2.26. The molecule has 1 heterocycles. The zero-order valence-corrected chi connectivity index (χ0v) is 17.0. The van der Waals surface area contributed by atoms with Gasteiger partial charge in [-0.25, -0.2) is 8.42 Å². The predicted octanol–water partition coefficient (Wildman–Crippen LogP) is 4.05. The summed E-state index contributed by atoms with van der Waals surface area (Å²) in [4.78, 5) is 12.5. The summed E-state index contributed by atoms with van der Waals surface area (Å²) in [6.07, 6.45) is 0. The Bertz CT molecular complexity index is 1030. The summed E-state index contributed by atoms with van der Waals surface area (Å²) in [6, 6.07) is 16.8. The first-order valence-electron chi connectivity index (χ1n) is 8.50. The molecule has 6 nitrogen and oxygen atoms in total. The highest BCUT2D eigenvalue weighted by Crippen LogP contribution is 2.21. The number of carbonyl (C=O) groups is 1. The Labute approximate surface area is 168 Å². The maximum atomic E-state index is 12.5. The van der Waals surface area contributed by atoms with Crippen LogP contribution in [0.15, 0.2) is 70.3 Å². The lowest BCUT2D eigenvalue weighted by Gasteiger charge is -2.15. The highest BCUT2D eigenvalue weighted by atomic mass is 32.2. The van der Waals surface area contributed by atoms with Crippen LogP contribution in [0.25, 0.3) is 0 Å². The van der Waals surface area contributed by atoms with E-state index in [9.17, 15) is 13.2 Å². The number of sulfonamides is 1. The van der Waals surface area contributed by atoms with E-state index in [1.54, 1.807) is 42.8 Å². The molecule has 0 fully saturated rings. The second kappa shape index (κ2) is 8.45. The molecule has 146 valence electrons. The van der Waals surface area contributed by atoms with Crippen LogP contribution in [0.4, 0.5) is 5.69 Å². The van der Waals surface area contributed by atoms with Gasteiger partial charge >= 0.3 is 0 Å². The molecular weight excluding hydrogens is 396 g/mol. The first kappa shape index (κ1) is 19.9. The number of carbonyl (C=O) groups excluding carboxylic acids is 1. The fraction of sp³-hybridized carbons (Fsp3) is 0.150. The Morgan fingerprint density at radius 3 is 2.29 bits per heavy atom. The third-order valence-corrected chi connectivity index (χ3v) is 6.90. The third kappa shape index (κ3) is 4.71. The van der Waals surface area contributed by atoms with Gasteiger partial charge in [0.1, 0.15) is 9.96 Å². The third-order valence-electron chi connectivity index (χ3n) is 4.12. The van der Waals surface area contributed by atoms with Crippen molar-refractivity contribution in [2.24, 2.45) is 0 Å². The van der Waals surface area contributed by atoms with Crippen molar-refractivity contribution >= 4 is 33.0 Å². The molecule has 0 saturated heterocycles. The minimum Gasteiger partial charge on any atom is -0.497 e. The summed E-state index contributed by atoms with van der Waals surface area (Å²) in [5.41, 5.74) is 1.79. The van der Waals surface area contributed by atoms with E-state index in [4.69, 9.17) is 4.74 Å². The summed E-state index contributed by atoms with van der Waals surface area (Å²) in [7, 11) is -2.00. The Morgan fingerprint density at radius 1 is 1.04 bits per heavy atom. The summed E-state index contributed by atoms with van der Waals surface area (Å²) < 4.78 is 32.4. The van der Waals surface area contributed by atoms with Crippen molar-refractivity contribution in [1.82, 2.24) is 5.32 Å². The summed E-state index contributed by atoms with van der Waals surface area (Å²) in [5.74, 6) is 0.513. The van der Waals surface area contributed by atoms with Crippen molar-refractivity contribution in [2.75, 3.05) is 11.8 Å².